The summed E-state index contributed by atoms with van der Waals surface area (Å²) in [6.45, 7) is 1.63. The SMILES string of the molecule is O=C1CCC(CCC(=O)N2Cc3cnn(Cc4ccc(F)cc4)c3C2)=NN1. The summed E-state index contributed by atoms with van der Waals surface area (Å²) < 4.78 is 14.9. The first kappa shape index (κ1) is 17.4. The van der Waals surface area contributed by atoms with Crippen LogP contribution in [0.4, 0.5) is 4.39 Å². The number of rotatable bonds is 5. The van der Waals surface area contributed by atoms with Crippen LogP contribution in [0.15, 0.2) is 35.6 Å². The van der Waals surface area contributed by atoms with Crippen LogP contribution in [0.1, 0.15) is 42.5 Å². The van der Waals surface area contributed by atoms with Crippen molar-refractivity contribution >= 4 is 17.5 Å². The fourth-order valence-electron chi connectivity index (χ4n) is 3.38. The molecule has 0 unspecified atom stereocenters. The van der Waals surface area contributed by atoms with Crippen molar-refractivity contribution in [2.45, 2.75) is 45.3 Å². The van der Waals surface area contributed by atoms with Gasteiger partial charge in [0.15, 0.2) is 0 Å². The number of hydrogen-bond donors (Lipinski definition) is 1. The zero-order valence-electron chi connectivity index (χ0n) is 14.8. The van der Waals surface area contributed by atoms with E-state index in [1.54, 1.807) is 18.3 Å². The lowest BCUT2D eigenvalue weighted by atomic mass is 10.1. The van der Waals surface area contributed by atoms with E-state index in [9.17, 15) is 14.0 Å². The van der Waals surface area contributed by atoms with Crippen LogP contribution in [-0.4, -0.2) is 32.2 Å². The first-order chi connectivity index (χ1) is 13.1. The molecule has 8 heteroatoms. The topological polar surface area (TPSA) is 79.6 Å². The second kappa shape index (κ2) is 7.30. The molecule has 0 fully saturated rings. The third-order valence-electron chi connectivity index (χ3n) is 4.94. The van der Waals surface area contributed by atoms with Gasteiger partial charge in [0.05, 0.1) is 25.0 Å². The number of fused-ring (bicyclic) bond motifs is 1. The van der Waals surface area contributed by atoms with E-state index in [1.165, 1.54) is 12.1 Å². The molecular weight excluding hydrogens is 349 g/mol. The molecule has 2 aliphatic rings. The molecule has 0 saturated heterocycles. The van der Waals surface area contributed by atoms with Gasteiger partial charge in [0, 0.05) is 30.7 Å². The van der Waals surface area contributed by atoms with Gasteiger partial charge in [-0.05, 0) is 30.5 Å². The van der Waals surface area contributed by atoms with Crippen LogP contribution in [0.2, 0.25) is 0 Å². The van der Waals surface area contributed by atoms with Crippen molar-refractivity contribution in [2.24, 2.45) is 5.10 Å². The Morgan fingerprint density at radius 1 is 1.19 bits per heavy atom. The summed E-state index contributed by atoms with van der Waals surface area (Å²) in [5, 5.41) is 8.41. The minimum Gasteiger partial charge on any atom is -0.332 e. The van der Waals surface area contributed by atoms with Crippen LogP contribution in [0.5, 0.6) is 0 Å². The van der Waals surface area contributed by atoms with Crippen molar-refractivity contribution in [1.82, 2.24) is 20.1 Å². The summed E-state index contributed by atoms with van der Waals surface area (Å²) in [6.07, 6.45) is 3.79. The second-order valence-electron chi connectivity index (χ2n) is 6.86. The highest BCUT2D eigenvalue weighted by molar-refractivity contribution is 5.94. The number of halogens is 1. The van der Waals surface area contributed by atoms with Crippen molar-refractivity contribution in [3.63, 3.8) is 0 Å². The summed E-state index contributed by atoms with van der Waals surface area (Å²) in [7, 11) is 0. The summed E-state index contributed by atoms with van der Waals surface area (Å²) in [5.41, 5.74) is 6.36. The predicted molar refractivity (Wildman–Crippen MR) is 96.0 cm³/mol. The molecule has 0 radical (unpaired) electrons. The van der Waals surface area contributed by atoms with Crippen LogP contribution >= 0.6 is 0 Å². The Kier molecular flexibility index (Phi) is 4.70. The third-order valence-corrected chi connectivity index (χ3v) is 4.94. The number of nitrogens with zero attached hydrogens (tertiary/aromatic N) is 4. The van der Waals surface area contributed by atoms with Crippen molar-refractivity contribution in [1.29, 1.82) is 0 Å². The maximum atomic E-state index is 13.1. The van der Waals surface area contributed by atoms with Crippen molar-refractivity contribution in [3.8, 4) is 0 Å². The monoisotopic (exact) mass is 369 g/mol. The van der Waals surface area contributed by atoms with Gasteiger partial charge in [-0.25, -0.2) is 9.82 Å². The Bertz CT molecular complexity index is 903. The first-order valence-corrected chi connectivity index (χ1v) is 8.98. The number of carbonyl (C=O) groups is 2. The lowest BCUT2D eigenvalue weighted by molar-refractivity contribution is -0.131. The maximum absolute atomic E-state index is 13.1. The molecule has 1 aromatic heterocycles. The van der Waals surface area contributed by atoms with E-state index in [-0.39, 0.29) is 17.6 Å². The van der Waals surface area contributed by atoms with Gasteiger partial charge in [0.2, 0.25) is 11.8 Å². The average Bonchev–Trinajstić information content (AvgIpc) is 3.25. The summed E-state index contributed by atoms with van der Waals surface area (Å²) in [6, 6.07) is 6.35. The number of nitrogens with one attached hydrogen (secondary N) is 1. The molecular formula is C19H20FN5O2. The van der Waals surface area contributed by atoms with Gasteiger partial charge in [-0.2, -0.15) is 10.2 Å². The van der Waals surface area contributed by atoms with Gasteiger partial charge in [0.1, 0.15) is 5.82 Å². The Labute approximate surface area is 155 Å². The molecule has 0 bridgehead atoms. The van der Waals surface area contributed by atoms with Crippen LogP contribution in [0, 0.1) is 5.82 Å². The molecule has 1 N–H and O–H groups in total. The molecule has 7 nitrogen and oxygen atoms in total. The third kappa shape index (κ3) is 3.89. The summed E-state index contributed by atoms with van der Waals surface area (Å²) in [5.74, 6) is -0.270. The smallest absolute Gasteiger partial charge is 0.240 e. The largest absolute Gasteiger partial charge is 0.332 e. The van der Waals surface area contributed by atoms with E-state index in [1.807, 2.05) is 9.58 Å². The fourth-order valence-corrected chi connectivity index (χ4v) is 3.38. The predicted octanol–water partition coefficient (Wildman–Crippen LogP) is 1.96. The van der Waals surface area contributed by atoms with Crippen LogP contribution in [0.3, 0.4) is 0 Å². The van der Waals surface area contributed by atoms with Crippen molar-refractivity contribution in [2.75, 3.05) is 0 Å². The molecule has 0 aliphatic carbocycles. The second-order valence-corrected chi connectivity index (χ2v) is 6.86. The number of aromatic nitrogens is 2. The van der Waals surface area contributed by atoms with Crippen molar-refractivity contribution in [3.05, 3.63) is 53.1 Å². The van der Waals surface area contributed by atoms with Gasteiger partial charge in [-0.1, -0.05) is 12.1 Å². The zero-order valence-corrected chi connectivity index (χ0v) is 14.8. The lowest BCUT2D eigenvalue weighted by Crippen LogP contribution is -2.29. The van der Waals surface area contributed by atoms with Gasteiger partial charge in [-0.3, -0.25) is 14.3 Å². The van der Waals surface area contributed by atoms with Gasteiger partial charge >= 0.3 is 0 Å². The Balaban J connectivity index is 1.35. The van der Waals surface area contributed by atoms with E-state index in [4.69, 9.17) is 0 Å². The molecule has 1 aromatic carbocycles. The van der Waals surface area contributed by atoms with E-state index in [0.717, 1.165) is 22.5 Å². The molecule has 140 valence electrons. The maximum Gasteiger partial charge on any atom is 0.240 e. The van der Waals surface area contributed by atoms with E-state index in [2.05, 4.69) is 15.6 Å². The molecule has 0 atom stereocenters. The quantitative estimate of drug-likeness (QED) is 0.875. The lowest BCUT2D eigenvalue weighted by Gasteiger charge is -2.17. The minimum atomic E-state index is -0.261. The van der Waals surface area contributed by atoms with Crippen molar-refractivity contribution < 1.29 is 14.0 Å². The zero-order chi connectivity index (χ0) is 18.8. The molecule has 3 heterocycles. The van der Waals surface area contributed by atoms with Gasteiger partial charge in [0.25, 0.3) is 0 Å². The van der Waals surface area contributed by atoms with Crippen LogP contribution < -0.4 is 5.43 Å². The molecule has 4 rings (SSSR count). The Morgan fingerprint density at radius 3 is 2.74 bits per heavy atom. The first-order valence-electron chi connectivity index (χ1n) is 8.98. The number of amides is 2. The number of carbonyl (C=O) groups excluding carboxylic acids is 2. The highest BCUT2D eigenvalue weighted by atomic mass is 19.1. The summed E-state index contributed by atoms with van der Waals surface area (Å²) in [4.78, 5) is 25.5. The number of benzene rings is 1. The number of hydrazone groups is 1. The van der Waals surface area contributed by atoms with E-state index < -0.39 is 0 Å². The molecule has 0 spiro atoms. The Hall–Kier alpha value is -3.03. The highest BCUT2D eigenvalue weighted by Gasteiger charge is 2.27. The normalized spacial score (nSPS) is 16.1. The molecule has 0 saturated carbocycles. The average molecular weight is 369 g/mol. The van der Waals surface area contributed by atoms with Crippen LogP contribution in [-0.2, 0) is 29.2 Å². The summed E-state index contributed by atoms with van der Waals surface area (Å²) >= 11 is 0. The Morgan fingerprint density at radius 2 is 2.00 bits per heavy atom. The van der Waals surface area contributed by atoms with Gasteiger partial charge in [-0.15, -0.1) is 0 Å². The molecule has 27 heavy (non-hydrogen) atoms. The van der Waals surface area contributed by atoms with E-state index in [0.29, 0.717) is 45.3 Å². The molecule has 2 aliphatic heterocycles. The molecule has 2 amide bonds. The van der Waals surface area contributed by atoms with E-state index >= 15 is 0 Å². The number of hydrogen-bond acceptors (Lipinski definition) is 4. The molecule has 2 aromatic rings. The van der Waals surface area contributed by atoms with Crippen LogP contribution in [0.25, 0.3) is 0 Å². The fraction of sp³-hybridized carbons (Fsp3) is 0.368. The standard InChI is InChI=1S/C19H20FN5O2/c20-15-3-1-13(2-4-15)10-25-17-12-24(11-14(17)9-21-25)19(27)8-6-16-5-7-18(26)23-22-16/h1-4,9H,5-8,10-12H2,(H,23,26). The van der Waals surface area contributed by atoms with Gasteiger partial charge < -0.3 is 4.90 Å². The minimum absolute atomic E-state index is 0.0686. The highest BCUT2D eigenvalue weighted by Crippen LogP contribution is 2.24.